The highest BCUT2D eigenvalue weighted by Crippen LogP contribution is 2.20. The maximum atomic E-state index is 12.2. The third-order valence-electron chi connectivity index (χ3n) is 3.27. The first-order valence-corrected chi connectivity index (χ1v) is 7.69. The van der Waals surface area contributed by atoms with Gasteiger partial charge in [0, 0.05) is 31.0 Å². The molecule has 0 unspecified atom stereocenters. The molecule has 0 saturated carbocycles. The van der Waals surface area contributed by atoms with Gasteiger partial charge < -0.3 is 9.73 Å². The molecule has 3 heterocycles. The minimum atomic E-state index is -0.390. The normalized spacial score (nSPS) is 14.7. The summed E-state index contributed by atoms with van der Waals surface area (Å²) in [5.41, 5.74) is -0.180. The summed E-state index contributed by atoms with van der Waals surface area (Å²) < 4.78 is 6.80. The Morgan fingerprint density at radius 2 is 2.48 bits per heavy atom. The summed E-state index contributed by atoms with van der Waals surface area (Å²) in [5.74, 6) is 1.23. The Morgan fingerprint density at radius 3 is 3.24 bits per heavy atom. The smallest absolute Gasteiger partial charge is 0.267 e. The maximum Gasteiger partial charge on any atom is 0.267 e. The number of aromatic nitrogens is 2. The third-order valence-corrected chi connectivity index (χ3v) is 4.24. The van der Waals surface area contributed by atoms with Crippen LogP contribution in [0.5, 0.6) is 0 Å². The van der Waals surface area contributed by atoms with Crippen LogP contribution >= 0.6 is 11.8 Å². The Kier molecular flexibility index (Phi) is 3.83. The predicted molar refractivity (Wildman–Crippen MR) is 78.6 cm³/mol. The minimum Gasteiger partial charge on any atom is -0.469 e. The lowest BCUT2D eigenvalue weighted by atomic mass is 10.2. The van der Waals surface area contributed by atoms with Crippen molar-refractivity contribution in [2.75, 3.05) is 5.75 Å². The van der Waals surface area contributed by atoms with Gasteiger partial charge in [0.2, 0.25) is 0 Å². The van der Waals surface area contributed by atoms with Crippen LogP contribution < -0.4 is 10.9 Å². The van der Waals surface area contributed by atoms with Crippen LogP contribution in [-0.2, 0) is 13.0 Å². The highest BCUT2D eigenvalue weighted by atomic mass is 32.2. The van der Waals surface area contributed by atoms with Gasteiger partial charge in [0.1, 0.15) is 11.3 Å². The zero-order valence-electron chi connectivity index (χ0n) is 11.5. The average Bonchev–Trinajstić information content (AvgIpc) is 3.09. The van der Waals surface area contributed by atoms with E-state index < -0.39 is 5.91 Å². The molecule has 3 rings (SSSR count). The van der Waals surface area contributed by atoms with Gasteiger partial charge in [-0.3, -0.25) is 14.2 Å². The summed E-state index contributed by atoms with van der Waals surface area (Å²) in [5, 5.41) is 3.49. The number of nitrogens with zero attached hydrogens (tertiary/aromatic N) is 2. The molecule has 1 aliphatic rings. The van der Waals surface area contributed by atoms with E-state index in [-0.39, 0.29) is 17.2 Å². The summed E-state index contributed by atoms with van der Waals surface area (Å²) in [7, 11) is 0. The number of thioether (sulfide) groups is 1. The Balaban J connectivity index is 1.72. The summed E-state index contributed by atoms with van der Waals surface area (Å²) in [6.07, 6.45) is 3.54. The lowest BCUT2D eigenvalue weighted by Crippen LogP contribution is -2.38. The van der Waals surface area contributed by atoms with Crippen LogP contribution in [0, 0.1) is 0 Å². The molecule has 1 N–H and O–H groups in total. The summed E-state index contributed by atoms with van der Waals surface area (Å²) in [6, 6.07) is 3.53. The predicted octanol–water partition coefficient (Wildman–Crippen LogP) is 1.30. The van der Waals surface area contributed by atoms with Crippen molar-refractivity contribution in [1.29, 1.82) is 0 Å². The van der Waals surface area contributed by atoms with E-state index in [2.05, 4.69) is 10.3 Å². The second-order valence-electron chi connectivity index (χ2n) is 4.92. The Hall–Kier alpha value is -2.02. The van der Waals surface area contributed by atoms with E-state index in [9.17, 15) is 9.59 Å². The van der Waals surface area contributed by atoms with Gasteiger partial charge in [0.05, 0.1) is 6.26 Å². The van der Waals surface area contributed by atoms with Gasteiger partial charge in [-0.05, 0) is 19.1 Å². The number of amides is 1. The molecule has 1 amide bonds. The van der Waals surface area contributed by atoms with Gasteiger partial charge in [0.25, 0.3) is 11.5 Å². The summed E-state index contributed by atoms with van der Waals surface area (Å²) in [4.78, 5) is 28.6. The molecular weight excluding hydrogens is 290 g/mol. The van der Waals surface area contributed by atoms with E-state index in [0.717, 1.165) is 11.5 Å². The molecule has 1 atom stereocenters. The van der Waals surface area contributed by atoms with Gasteiger partial charge >= 0.3 is 0 Å². The van der Waals surface area contributed by atoms with Crippen molar-refractivity contribution in [3.05, 3.63) is 46.3 Å². The lowest BCUT2D eigenvalue weighted by molar-refractivity contribution is 0.0936. The molecule has 2 aromatic heterocycles. The maximum absolute atomic E-state index is 12.2. The molecule has 0 radical (unpaired) electrons. The molecule has 0 spiro atoms. The molecule has 0 bridgehead atoms. The van der Waals surface area contributed by atoms with Crippen LogP contribution in [-0.4, -0.2) is 27.3 Å². The summed E-state index contributed by atoms with van der Waals surface area (Å²) >= 11 is 1.53. The number of carbonyl (C=O) groups excluding carboxylic acids is 1. The van der Waals surface area contributed by atoms with E-state index in [1.807, 2.05) is 13.0 Å². The van der Waals surface area contributed by atoms with Crippen LogP contribution in [0.15, 0.2) is 39.0 Å². The highest BCUT2D eigenvalue weighted by Gasteiger charge is 2.21. The lowest BCUT2D eigenvalue weighted by Gasteiger charge is -2.12. The number of nitrogens with one attached hydrogen (secondary N) is 1. The zero-order chi connectivity index (χ0) is 14.8. The second kappa shape index (κ2) is 5.77. The fourth-order valence-corrected chi connectivity index (χ4v) is 3.17. The first kappa shape index (κ1) is 13.9. The summed E-state index contributed by atoms with van der Waals surface area (Å²) in [6.45, 7) is 2.48. The molecule has 1 aliphatic heterocycles. The quantitative estimate of drug-likeness (QED) is 0.862. The monoisotopic (exact) mass is 305 g/mol. The fraction of sp³-hybridized carbons (Fsp3) is 0.357. The van der Waals surface area contributed by atoms with Crippen molar-refractivity contribution in [3.63, 3.8) is 0 Å². The zero-order valence-corrected chi connectivity index (χ0v) is 12.4. The number of rotatable bonds is 4. The molecule has 0 saturated heterocycles. The van der Waals surface area contributed by atoms with Crippen molar-refractivity contribution in [2.45, 2.75) is 31.1 Å². The fourth-order valence-electron chi connectivity index (χ4n) is 2.26. The molecule has 0 aliphatic carbocycles. The molecule has 7 heteroatoms. The van der Waals surface area contributed by atoms with E-state index in [1.54, 1.807) is 16.9 Å². The Morgan fingerprint density at radius 1 is 1.62 bits per heavy atom. The van der Waals surface area contributed by atoms with E-state index in [1.165, 1.54) is 18.0 Å². The molecule has 110 valence electrons. The Labute approximate surface area is 125 Å². The van der Waals surface area contributed by atoms with Crippen molar-refractivity contribution < 1.29 is 9.21 Å². The van der Waals surface area contributed by atoms with Gasteiger partial charge in [-0.15, -0.1) is 0 Å². The second-order valence-corrected chi connectivity index (χ2v) is 5.98. The largest absolute Gasteiger partial charge is 0.469 e. The van der Waals surface area contributed by atoms with Crippen molar-refractivity contribution in [1.82, 2.24) is 14.9 Å². The van der Waals surface area contributed by atoms with E-state index in [0.29, 0.717) is 18.1 Å². The van der Waals surface area contributed by atoms with Gasteiger partial charge in [-0.2, -0.15) is 0 Å². The van der Waals surface area contributed by atoms with Crippen LogP contribution in [0.3, 0.4) is 0 Å². The third kappa shape index (κ3) is 2.87. The molecule has 2 aromatic rings. The standard InChI is InChI=1S/C14H15N3O3S/c1-9(7-10-3-2-5-20-10)16-12(18)11-8-15-14-17(13(11)19)4-6-21-14/h2-3,5,8-9H,4,6-7H2,1H3,(H,16,18)/t9-/m1/s1. The number of carbonyl (C=O) groups is 1. The number of hydrogen-bond acceptors (Lipinski definition) is 5. The highest BCUT2D eigenvalue weighted by molar-refractivity contribution is 7.99. The van der Waals surface area contributed by atoms with Gasteiger partial charge in [0.15, 0.2) is 5.16 Å². The topological polar surface area (TPSA) is 77.1 Å². The van der Waals surface area contributed by atoms with Crippen molar-refractivity contribution >= 4 is 17.7 Å². The van der Waals surface area contributed by atoms with E-state index in [4.69, 9.17) is 4.42 Å². The number of hydrogen-bond donors (Lipinski definition) is 1. The van der Waals surface area contributed by atoms with Crippen LogP contribution in [0.25, 0.3) is 0 Å². The molecular formula is C14H15N3O3S. The molecule has 0 aromatic carbocycles. The number of fused-ring (bicyclic) bond motifs is 1. The van der Waals surface area contributed by atoms with Crippen LogP contribution in [0.4, 0.5) is 0 Å². The SMILES string of the molecule is C[C@H](Cc1ccco1)NC(=O)c1cnc2n(c1=O)CCS2. The minimum absolute atomic E-state index is 0.0903. The van der Waals surface area contributed by atoms with Gasteiger partial charge in [-0.1, -0.05) is 11.8 Å². The molecule has 21 heavy (non-hydrogen) atoms. The van der Waals surface area contributed by atoms with Gasteiger partial charge in [-0.25, -0.2) is 4.98 Å². The molecule has 6 nitrogen and oxygen atoms in total. The van der Waals surface area contributed by atoms with Crippen LogP contribution in [0.1, 0.15) is 23.0 Å². The molecule has 0 fully saturated rings. The Bertz CT molecular complexity index is 709. The average molecular weight is 305 g/mol. The first-order valence-electron chi connectivity index (χ1n) is 6.71. The van der Waals surface area contributed by atoms with E-state index >= 15 is 0 Å². The van der Waals surface area contributed by atoms with Crippen molar-refractivity contribution in [3.8, 4) is 0 Å². The first-order chi connectivity index (χ1) is 10.1. The van der Waals surface area contributed by atoms with Crippen molar-refractivity contribution in [2.24, 2.45) is 0 Å². The number of furan rings is 1. The van der Waals surface area contributed by atoms with Crippen LogP contribution in [0.2, 0.25) is 0 Å².